The molecular weight excluding hydrogens is 202 g/mol. The molecule has 0 aromatic rings. The fraction of sp³-hybridized carbons (Fsp3) is 1.00. The van der Waals surface area contributed by atoms with Crippen LogP contribution in [0.5, 0.6) is 0 Å². The summed E-state index contributed by atoms with van der Waals surface area (Å²) in [6.45, 7) is 8.20. The van der Waals surface area contributed by atoms with E-state index in [1.54, 1.807) is 0 Å². The van der Waals surface area contributed by atoms with Crippen molar-refractivity contribution < 1.29 is 0 Å². The van der Waals surface area contributed by atoms with Gasteiger partial charge in [0.25, 0.3) is 0 Å². The highest BCUT2D eigenvalue weighted by Gasteiger charge is 2.28. The summed E-state index contributed by atoms with van der Waals surface area (Å²) in [7, 11) is 0. The van der Waals surface area contributed by atoms with Gasteiger partial charge in [-0.25, -0.2) is 0 Å². The molecule has 1 nitrogen and oxygen atoms in total. The van der Waals surface area contributed by atoms with Gasteiger partial charge in [-0.05, 0) is 31.6 Å². The van der Waals surface area contributed by atoms with Gasteiger partial charge in [-0.2, -0.15) is 0 Å². The first-order valence-electron chi connectivity index (χ1n) is 6.55. The second kappa shape index (κ2) is 6.80. The maximum atomic E-state index is 3.70. The smallest absolute Gasteiger partial charge is 0.0616 e. The summed E-state index contributed by atoms with van der Waals surface area (Å²) in [5, 5.41) is 3.70. The fourth-order valence-electron chi connectivity index (χ4n) is 2.05. The van der Waals surface area contributed by atoms with Crippen LogP contribution in [-0.4, -0.2) is 17.2 Å². The lowest BCUT2D eigenvalue weighted by atomic mass is 10.1. The van der Waals surface area contributed by atoms with Crippen LogP contribution < -0.4 is 5.32 Å². The van der Waals surface area contributed by atoms with Crippen LogP contribution >= 0.6 is 11.8 Å². The number of thioether (sulfide) groups is 1. The van der Waals surface area contributed by atoms with E-state index in [0.29, 0.717) is 4.87 Å². The lowest BCUT2D eigenvalue weighted by Gasteiger charge is -2.37. The average molecular weight is 229 g/mol. The molecule has 90 valence electrons. The molecule has 15 heavy (non-hydrogen) atoms. The number of nitrogens with one attached hydrogen (secondary N) is 1. The standard InChI is InChI=1S/C13H27NS/c1-4-5-6-7-8-9-13(3)14-10-12(2)11-15-13/h12,14H,4-11H2,1-3H3. The van der Waals surface area contributed by atoms with Crippen LogP contribution in [-0.2, 0) is 0 Å². The van der Waals surface area contributed by atoms with E-state index in [1.807, 2.05) is 0 Å². The Morgan fingerprint density at radius 1 is 1.27 bits per heavy atom. The van der Waals surface area contributed by atoms with Crippen molar-refractivity contribution in [3.05, 3.63) is 0 Å². The van der Waals surface area contributed by atoms with Gasteiger partial charge in [-0.15, -0.1) is 11.8 Å². The van der Waals surface area contributed by atoms with E-state index in [-0.39, 0.29) is 0 Å². The van der Waals surface area contributed by atoms with Crippen molar-refractivity contribution in [2.24, 2.45) is 5.92 Å². The van der Waals surface area contributed by atoms with Crippen LogP contribution in [0.25, 0.3) is 0 Å². The van der Waals surface area contributed by atoms with E-state index in [4.69, 9.17) is 0 Å². The summed E-state index contributed by atoms with van der Waals surface area (Å²) in [6, 6.07) is 0. The van der Waals surface area contributed by atoms with Crippen LogP contribution in [0.1, 0.15) is 59.3 Å². The van der Waals surface area contributed by atoms with Gasteiger partial charge in [0.2, 0.25) is 0 Å². The summed E-state index contributed by atoms with van der Waals surface area (Å²) in [4.78, 5) is 0.374. The van der Waals surface area contributed by atoms with Gasteiger partial charge in [-0.1, -0.05) is 46.0 Å². The molecule has 1 aliphatic rings. The predicted molar refractivity (Wildman–Crippen MR) is 71.4 cm³/mol. The molecule has 1 fully saturated rings. The molecule has 0 amide bonds. The zero-order valence-corrected chi connectivity index (χ0v) is 11.5. The Labute approximate surface area is 99.8 Å². The molecule has 0 aromatic carbocycles. The molecule has 2 heteroatoms. The van der Waals surface area contributed by atoms with E-state index in [9.17, 15) is 0 Å². The van der Waals surface area contributed by atoms with Crippen molar-refractivity contribution in [2.75, 3.05) is 12.3 Å². The van der Waals surface area contributed by atoms with Crippen LogP contribution in [0.3, 0.4) is 0 Å². The summed E-state index contributed by atoms with van der Waals surface area (Å²) < 4.78 is 0. The molecule has 0 saturated carbocycles. The summed E-state index contributed by atoms with van der Waals surface area (Å²) in [6.07, 6.45) is 8.34. The SMILES string of the molecule is CCCCCCCC1(C)NCC(C)CS1. The van der Waals surface area contributed by atoms with E-state index >= 15 is 0 Å². The minimum atomic E-state index is 0.374. The molecule has 0 radical (unpaired) electrons. The van der Waals surface area contributed by atoms with Crippen LogP contribution in [0, 0.1) is 5.92 Å². The highest BCUT2D eigenvalue weighted by atomic mass is 32.2. The maximum Gasteiger partial charge on any atom is 0.0616 e. The quantitative estimate of drug-likeness (QED) is 0.690. The molecule has 2 unspecified atom stereocenters. The van der Waals surface area contributed by atoms with Gasteiger partial charge in [-0.3, -0.25) is 0 Å². The Balaban J connectivity index is 2.08. The highest BCUT2D eigenvalue weighted by molar-refractivity contribution is 8.00. The van der Waals surface area contributed by atoms with Crippen LogP contribution in [0.2, 0.25) is 0 Å². The number of unbranched alkanes of at least 4 members (excludes halogenated alkanes) is 4. The first-order valence-corrected chi connectivity index (χ1v) is 7.54. The van der Waals surface area contributed by atoms with Crippen molar-refractivity contribution in [1.82, 2.24) is 5.32 Å². The summed E-state index contributed by atoms with van der Waals surface area (Å²) in [5.74, 6) is 2.18. The van der Waals surface area contributed by atoms with Gasteiger partial charge in [0, 0.05) is 0 Å². The van der Waals surface area contributed by atoms with Gasteiger partial charge in [0.05, 0.1) is 4.87 Å². The number of hydrogen-bond acceptors (Lipinski definition) is 2. The zero-order chi connectivity index (χ0) is 11.1. The Hall–Kier alpha value is 0.310. The summed E-state index contributed by atoms with van der Waals surface area (Å²) >= 11 is 2.13. The predicted octanol–water partition coefficient (Wildman–Crippen LogP) is 4.04. The van der Waals surface area contributed by atoms with E-state index in [0.717, 1.165) is 5.92 Å². The molecule has 0 bridgehead atoms. The second-order valence-electron chi connectivity index (χ2n) is 5.19. The normalized spacial score (nSPS) is 31.8. The Bertz CT molecular complexity index is 162. The minimum Gasteiger partial charge on any atom is -0.303 e. The molecule has 1 rings (SSSR count). The van der Waals surface area contributed by atoms with Gasteiger partial charge >= 0.3 is 0 Å². The highest BCUT2D eigenvalue weighted by Crippen LogP contribution is 2.33. The molecule has 1 aliphatic heterocycles. The molecule has 1 heterocycles. The first-order chi connectivity index (χ1) is 7.16. The van der Waals surface area contributed by atoms with Crippen molar-refractivity contribution >= 4 is 11.8 Å². The van der Waals surface area contributed by atoms with Crippen molar-refractivity contribution in [2.45, 2.75) is 64.2 Å². The third-order valence-electron chi connectivity index (χ3n) is 3.27. The fourth-order valence-corrected chi connectivity index (χ4v) is 3.30. The topological polar surface area (TPSA) is 12.0 Å². The molecule has 0 aliphatic carbocycles. The minimum absolute atomic E-state index is 0.374. The monoisotopic (exact) mass is 229 g/mol. The van der Waals surface area contributed by atoms with E-state index in [1.165, 1.54) is 50.8 Å². The lowest BCUT2D eigenvalue weighted by molar-refractivity contribution is 0.397. The Morgan fingerprint density at radius 3 is 2.60 bits per heavy atom. The Morgan fingerprint density at radius 2 is 2.00 bits per heavy atom. The Kier molecular flexibility index (Phi) is 6.06. The third-order valence-corrected chi connectivity index (χ3v) is 4.99. The first kappa shape index (κ1) is 13.4. The van der Waals surface area contributed by atoms with Crippen LogP contribution in [0.4, 0.5) is 0 Å². The van der Waals surface area contributed by atoms with Gasteiger partial charge in [0.1, 0.15) is 0 Å². The molecule has 1 saturated heterocycles. The van der Waals surface area contributed by atoms with Crippen molar-refractivity contribution in [1.29, 1.82) is 0 Å². The third kappa shape index (κ3) is 5.26. The van der Waals surface area contributed by atoms with Gasteiger partial charge in [0.15, 0.2) is 0 Å². The van der Waals surface area contributed by atoms with Crippen LogP contribution in [0.15, 0.2) is 0 Å². The number of rotatable bonds is 6. The van der Waals surface area contributed by atoms with Crippen molar-refractivity contribution in [3.8, 4) is 0 Å². The second-order valence-corrected chi connectivity index (χ2v) is 6.72. The van der Waals surface area contributed by atoms with E-state index in [2.05, 4.69) is 37.8 Å². The zero-order valence-electron chi connectivity index (χ0n) is 10.6. The molecule has 2 atom stereocenters. The van der Waals surface area contributed by atoms with Gasteiger partial charge < -0.3 is 5.32 Å². The number of hydrogen-bond donors (Lipinski definition) is 1. The molecule has 0 spiro atoms. The van der Waals surface area contributed by atoms with E-state index < -0.39 is 0 Å². The maximum absolute atomic E-state index is 3.70. The summed E-state index contributed by atoms with van der Waals surface area (Å²) in [5.41, 5.74) is 0. The molecule has 0 aromatic heterocycles. The average Bonchev–Trinajstić information content (AvgIpc) is 2.23. The molecule has 1 N–H and O–H groups in total. The largest absolute Gasteiger partial charge is 0.303 e. The molecular formula is C13H27NS. The lowest BCUT2D eigenvalue weighted by Crippen LogP contribution is -2.46. The van der Waals surface area contributed by atoms with Crippen molar-refractivity contribution in [3.63, 3.8) is 0 Å².